The summed E-state index contributed by atoms with van der Waals surface area (Å²) in [6, 6.07) is -0.339. The first-order chi connectivity index (χ1) is 8.99. The van der Waals surface area contributed by atoms with Crippen LogP contribution in [0.15, 0.2) is 0 Å². The Labute approximate surface area is 113 Å². The Morgan fingerprint density at radius 3 is 2.79 bits per heavy atom. The number of ether oxygens (including phenoxy) is 1. The van der Waals surface area contributed by atoms with Crippen LogP contribution in [0.25, 0.3) is 0 Å². The van der Waals surface area contributed by atoms with E-state index in [1.807, 2.05) is 0 Å². The Hall–Kier alpha value is -1.74. The molecule has 0 saturated carbocycles. The molecule has 0 radical (unpaired) electrons. The van der Waals surface area contributed by atoms with E-state index in [4.69, 9.17) is 16.3 Å². The molecule has 0 aromatic carbocycles. The van der Waals surface area contributed by atoms with Gasteiger partial charge in [0.05, 0.1) is 12.6 Å². The minimum Gasteiger partial charge on any atom is -0.480 e. The second kappa shape index (κ2) is 7.00. The van der Waals surface area contributed by atoms with Gasteiger partial charge in [0.2, 0.25) is 0 Å². The van der Waals surface area contributed by atoms with Gasteiger partial charge in [0.1, 0.15) is 6.54 Å². The Bertz CT molecular complexity index is 377. The molecule has 0 spiro atoms. The number of hydrogen-bond acceptors (Lipinski definition) is 3. The largest absolute Gasteiger partial charge is 0.480 e. The molecule has 1 fully saturated rings. The minimum atomic E-state index is -1.07. The Morgan fingerprint density at radius 1 is 1.58 bits per heavy atom. The zero-order valence-corrected chi connectivity index (χ0v) is 11.3. The van der Waals surface area contributed by atoms with Crippen LogP contribution in [0.2, 0.25) is 0 Å². The number of likely N-dealkylation sites (tertiary alicyclic amines) is 1. The van der Waals surface area contributed by atoms with E-state index in [1.165, 1.54) is 0 Å². The molecule has 1 heterocycles. The Morgan fingerprint density at radius 2 is 2.26 bits per heavy atom. The number of amides is 2. The van der Waals surface area contributed by atoms with Crippen molar-refractivity contribution in [1.82, 2.24) is 9.80 Å². The Balaban J connectivity index is 2.69. The summed E-state index contributed by atoms with van der Waals surface area (Å²) in [4.78, 5) is 25.7. The number of terminal acetylenes is 1. The summed E-state index contributed by atoms with van der Waals surface area (Å²) in [7, 11) is 1.62. The van der Waals surface area contributed by atoms with E-state index in [2.05, 4.69) is 12.8 Å². The van der Waals surface area contributed by atoms with Gasteiger partial charge in [-0.1, -0.05) is 12.8 Å². The molecular weight excluding hydrogens is 248 g/mol. The molecule has 6 heteroatoms. The van der Waals surface area contributed by atoms with Gasteiger partial charge in [0.25, 0.3) is 0 Å². The van der Waals surface area contributed by atoms with Crippen LogP contribution >= 0.6 is 0 Å². The third-order valence-corrected chi connectivity index (χ3v) is 3.34. The van der Waals surface area contributed by atoms with Crippen LogP contribution in [0, 0.1) is 18.3 Å². The second-order valence-corrected chi connectivity index (χ2v) is 4.72. The van der Waals surface area contributed by atoms with Crippen LogP contribution in [0.3, 0.4) is 0 Å². The third-order valence-electron chi connectivity index (χ3n) is 3.34. The molecule has 1 aliphatic heterocycles. The van der Waals surface area contributed by atoms with E-state index in [-0.39, 0.29) is 25.2 Å². The fourth-order valence-electron chi connectivity index (χ4n) is 2.18. The van der Waals surface area contributed by atoms with Gasteiger partial charge in [-0.05, 0) is 12.3 Å². The summed E-state index contributed by atoms with van der Waals surface area (Å²) in [5.41, 5.74) is 0. The number of hydrogen-bond donors (Lipinski definition) is 1. The summed E-state index contributed by atoms with van der Waals surface area (Å²) in [5, 5.41) is 8.79. The molecule has 1 aliphatic rings. The Kier molecular flexibility index (Phi) is 5.64. The molecule has 2 unspecified atom stereocenters. The zero-order chi connectivity index (χ0) is 14.4. The number of aliphatic carboxylic acids is 1. The summed E-state index contributed by atoms with van der Waals surface area (Å²) in [5.74, 6) is 1.62. The van der Waals surface area contributed by atoms with E-state index >= 15 is 0 Å². The van der Waals surface area contributed by atoms with Gasteiger partial charge < -0.3 is 19.6 Å². The molecule has 1 N–H and O–H groups in total. The lowest BCUT2D eigenvalue weighted by molar-refractivity contribution is -0.137. The molecule has 2 atom stereocenters. The molecule has 0 bridgehead atoms. The predicted octanol–water partition coefficient (Wildman–Crippen LogP) is 0.483. The average molecular weight is 268 g/mol. The van der Waals surface area contributed by atoms with Crippen molar-refractivity contribution in [3.05, 3.63) is 0 Å². The predicted molar refractivity (Wildman–Crippen MR) is 69.6 cm³/mol. The van der Waals surface area contributed by atoms with E-state index in [0.29, 0.717) is 19.0 Å². The zero-order valence-electron chi connectivity index (χ0n) is 11.3. The molecule has 1 saturated heterocycles. The van der Waals surface area contributed by atoms with Crippen LogP contribution in [0.1, 0.15) is 13.3 Å². The number of carboxylic acids is 1. The van der Waals surface area contributed by atoms with E-state index in [0.717, 1.165) is 11.3 Å². The lowest BCUT2D eigenvalue weighted by Crippen LogP contribution is -2.52. The van der Waals surface area contributed by atoms with Crippen molar-refractivity contribution in [2.24, 2.45) is 5.92 Å². The third kappa shape index (κ3) is 4.14. The molecule has 0 aromatic heterocycles. The summed E-state index contributed by atoms with van der Waals surface area (Å²) >= 11 is 0. The van der Waals surface area contributed by atoms with Gasteiger partial charge in [-0.2, -0.15) is 0 Å². The first-order valence-corrected chi connectivity index (χ1v) is 6.21. The number of carboxylic acid groups (broad SMARTS) is 1. The number of piperidine rings is 1. The lowest BCUT2D eigenvalue weighted by Gasteiger charge is -2.38. The fraction of sp³-hybridized carbons (Fsp3) is 0.692. The monoisotopic (exact) mass is 268 g/mol. The molecule has 6 nitrogen and oxygen atoms in total. The minimum absolute atomic E-state index is 0.00512. The topological polar surface area (TPSA) is 70.1 Å². The highest BCUT2D eigenvalue weighted by Crippen LogP contribution is 2.20. The lowest BCUT2D eigenvalue weighted by atomic mass is 9.96. The highest BCUT2D eigenvalue weighted by Gasteiger charge is 2.31. The van der Waals surface area contributed by atoms with Crippen LogP contribution < -0.4 is 0 Å². The van der Waals surface area contributed by atoms with Gasteiger partial charge in [-0.3, -0.25) is 4.79 Å². The van der Waals surface area contributed by atoms with Gasteiger partial charge in [-0.15, -0.1) is 6.42 Å². The van der Waals surface area contributed by atoms with E-state index in [9.17, 15) is 9.59 Å². The number of rotatable bonds is 4. The molecule has 2 amide bonds. The van der Waals surface area contributed by atoms with Crippen LogP contribution in [0.5, 0.6) is 0 Å². The number of urea groups is 1. The van der Waals surface area contributed by atoms with Gasteiger partial charge in [0, 0.05) is 20.2 Å². The summed E-state index contributed by atoms with van der Waals surface area (Å²) < 4.78 is 5.34. The SMILES string of the molecule is C#CCN(CC(=O)O)C(=O)N1CCC(C)C(OC)C1. The van der Waals surface area contributed by atoms with Crippen LogP contribution in [-0.4, -0.2) is 66.3 Å². The van der Waals surface area contributed by atoms with E-state index in [1.54, 1.807) is 12.0 Å². The van der Waals surface area contributed by atoms with Gasteiger partial charge in [-0.25, -0.2) is 4.79 Å². The van der Waals surface area contributed by atoms with Crippen LogP contribution in [0.4, 0.5) is 4.79 Å². The van der Waals surface area contributed by atoms with E-state index < -0.39 is 5.97 Å². The maximum absolute atomic E-state index is 12.2. The molecule has 106 valence electrons. The first-order valence-electron chi connectivity index (χ1n) is 6.21. The molecule has 0 aromatic rings. The quantitative estimate of drug-likeness (QED) is 0.753. The maximum atomic E-state index is 12.2. The molecular formula is C13H20N2O4. The number of nitrogens with zero attached hydrogens (tertiary/aromatic N) is 2. The normalized spacial score (nSPS) is 22.7. The maximum Gasteiger partial charge on any atom is 0.323 e. The second-order valence-electron chi connectivity index (χ2n) is 4.72. The number of carbonyl (C=O) groups is 2. The first kappa shape index (κ1) is 15.3. The molecule has 19 heavy (non-hydrogen) atoms. The average Bonchev–Trinajstić information content (AvgIpc) is 2.37. The van der Waals surface area contributed by atoms with Crippen molar-refractivity contribution in [3.8, 4) is 12.3 Å². The van der Waals surface area contributed by atoms with Crippen molar-refractivity contribution in [2.45, 2.75) is 19.4 Å². The number of methoxy groups -OCH3 is 1. The molecule has 1 rings (SSSR count). The van der Waals surface area contributed by atoms with Crippen molar-refractivity contribution in [2.75, 3.05) is 33.3 Å². The smallest absolute Gasteiger partial charge is 0.323 e. The standard InChI is InChI=1S/C13H20N2O4/c1-4-6-14(9-12(16)17)13(18)15-7-5-10(2)11(8-15)19-3/h1,10-11H,5-9H2,2-3H3,(H,16,17). The van der Waals surface area contributed by atoms with Crippen molar-refractivity contribution < 1.29 is 19.4 Å². The highest BCUT2D eigenvalue weighted by atomic mass is 16.5. The van der Waals surface area contributed by atoms with Crippen molar-refractivity contribution in [3.63, 3.8) is 0 Å². The highest BCUT2D eigenvalue weighted by molar-refractivity contribution is 5.80. The van der Waals surface area contributed by atoms with Gasteiger partial charge >= 0.3 is 12.0 Å². The summed E-state index contributed by atoms with van der Waals surface area (Å²) in [6.45, 7) is 2.76. The van der Waals surface area contributed by atoms with Gasteiger partial charge in [0.15, 0.2) is 0 Å². The summed E-state index contributed by atoms with van der Waals surface area (Å²) in [6.07, 6.45) is 5.98. The van der Waals surface area contributed by atoms with Crippen molar-refractivity contribution in [1.29, 1.82) is 0 Å². The van der Waals surface area contributed by atoms with Crippen molar-refractivity contribution >= 4 is 12.0 Å². The fourth-order valence-corrected chi connectivity index (χ4v) is 2.18. The van der Waals surface area contributed by atoms with Crippen LogP contribution in [-0.2, 0) is 9.53 Å². The number of carbonyl (C=O) groups excluding carboxylic acids is 1. The molecule has 0 aliphatic carbocycles.